The molecule has 0 aromatic carbocycles. The Labute approximate surface area is 125 Å². The van der Waals surface area contributed by atoms with E-state index in [1.807, 2.05) is 30.3 Å². The molecule has 1 fully saturated rings. The van der Waals surface area contributed by atoms with Crippen molar-refractivity contribution in [3.63, 3.8) is 0 Å². The molecule has 1 aliphatic heterocycles. The Bertz CT molecular complexity index is 531. The Morgan fingerprint density at radius 2 is 2.30 bits per heavy atom. The first-order chi connectivity index (χ1) is 9.50. The predicted molar refractivity (Wildman–Crippen MR) is 83.4 cm³/mol. The molecule has 2 rings (SSSR count). The number of hydrogen-bond acceptors (Lipinski definition) is 6. The Morgan fingerprint density at radius 1 is 1.50 bits per heavy atom. The number of aromatic nitrogens is 1. The largest absolute Gasteiger partial charge is 0.316 e. The first-order valence-electron chi connectivity index (χ1n) is 6.60. The lowest BCUT2D eigenvalue weighted by atomic mass is 10.2. The smallest absolute Gasteiger partial charge is 0.164 e. The van der Waals surface area contributed by atoms with Crippen LogP contribution in [0.1, 0.15) is 11.3 Å². The number of sulfone groups is 1. The summed E-state index contributed by atoms with van der Waals surface area (Å²) in [7, 11) is -1.15. The van der Waals surface area contributed by atoms with Crippen LogP contribution in [0.25, 0.3) is 0 Å². The van der Waals surface area contributed by atoms with E-state index in [2.05, 4.69) is 10.3 Å². The van der Waals surface area contributed by atoms with Gasteiger partial charge < -0.3 is 5.32 Å². The summed E-state index contributed by atoms with van der Waals surface area (Å²) in [6, 6.07) is 4.01. The topological polar surface area (TPSA) is 62.3 Å². The van der Waals surface area contributed by atoms with E-state index >= 15 is 0 Å². The van der Waals surface area contributed by atoms with Gasteiger partial charge in [-0.1, -0.05) is 6.07 Å². The zero-order valence-electron chi connectivity index (χ0n) is 11.9. The summed E-state index contributed by atoms with van der Waals surface area (Å²) in [5.74, 6) is 1.63. The summed E-state index contributed by atoms with van der Waals surface area (Å²) >= 11 is 1.70. The van der Waals surface area contributed by atoms with Crippen molar-refractivity contribution in [1.82, 2.24) is 15.2 Å². The van der Waals surface area contributed by atoms with Gasteiger partial charge in [-0.25, -0.2) is 8.42 Å². The van der Waals surface area contributed by atoms with Crippen LogP contribution in [0.4, 0.5) is 0 Å². The van der Waals surface area contributed by atoms with E-state index < -0.39 is 9.84 Å². The fourth-order valence-corrected chi connectivity index (χ4v) is 5.20. The second kappa shape index (κ2) is 6.89. The van der Waals surface area contributed by atoms with Crippen molar-refractivity contribution in [3.05, 3.63) is 29.6 Å². The van der Waals surface area contributed by atoms with Gasteiger partial charge in [-0.05, 0) is 18.7 Å². The van der Waals surface area contributed by atoms with Crippen LogP contribution in [-0.2, 0) is 22.9 Å². The molecule has 7 heteroatoms. The fraction of sp³-hybridized carbons (Fsp3) is 0.615. The molecule has 0 bridgehead atoms. The minimum Gasteiger partial charge on any atom is -0.316 e. The SMILES string of the molecule is CNCc1ccc(CN2CCSCC2S(C)(=O)=O)nc1. The third-order valence-electron chi connectivity index (χ3n) is 3.32. The summed E-state index contributed by atoms with van der Waals surface area (Å²) in [6.45, 7) is 2.18. The van der Waals surface area contributed by atoms with Gasteiger partial charge in [0.1, 0.15) is 5.37 Å². The van der Waals surface area contributed by atoms with Crippen LogP contribution in [0.15, 0.2) is 18.3 Å². The van der Waals surface area contributed by atoms with Crippen LogP contribution in [0.3, 0.4) is 0 Å². The van der Waals surface area contributed by atoms with E-state index in [-0.39, 0.29) is 5.37 Å². The van der Waals surface area contributed by atoms with E-state index in [0.29, 0.717) is 12.3 Å². The summed E-state index contributed by atoms with van der Waals surface area (Å²) in [6.07, 6.45) is 3.17. The van der Waals surface area contributed by atoms with E-state index in [4.69, 9.17) is 0 Å². The molecule has 5 nitrogen and oxygen atoms in total. The van der Waals surface area contributed by atoms with Crippen molar-refractivity contribution >= 4 is 21.6 Å². The second-order valence-corrected chi connectivity index (χ2v) is 8.37. The van der Waals surface area contributed by atoms with Crippen LogP contribution in [0.5, 0.6) is 0 Å². The molecule has 1 unspecified atom stereocenters. The quantitative estimate of drug-likeness (QED) is 0.864. The van der Waals surface area contributed by atoms with Gasteiger partial charge in [-0.3, -0.25) is 9.88 Å². The maximum absolute atomic E-state index is 11.8. The van der Waals surface area contributed by atoms with Gasteiger partial charge in [-0.15, -0.1) is 0 Å². The van der Waals surface area contributed by atoms with Gasteiger partial charge in [0.25, 0.3) is 0 Å². The minimum atomic E-state index is -3.04. The van der Waals surface area contributed by atoms with Crippen LogP contribution in [-0.4, -0.2) is 55.0 Å². The molecule has 112 valence electrons. The second-order valence-electron chi connectivity index (χ2n) is 5.02. The first-order valence-corrected chi connectivity index (χ1v) is 9.70. The average molecular weight is 315 g/mol. The zero-order valence-corrected chi connectivity index (χ0v) is 13.5. The molecular weight excluding hydrogens is 294 g/mol. The average Bonchev–Trinajstić information content (AvgIpc) is 2.41. The molecule has 2 heterocycles. The molecule has 0 spiro atoms. The highest BCUT2D eigenvalue weighted by Crippen LogP contribution is 2.21. The lowest BCUT2D eigenvalue weighted by Crippen LogP contribution is -2.46. The number of hydrogen-bond donors (Lipinski definition) is 1. The molecule has 1 atom stereocenters. The molecule has 0 amide bonds. The highest BCUT2D eigenvalue weighted by atomic mass is 32.2. The maximum atomic E-state index is 11.8. The lowest BCUT2D eigenvalue weighted by Gasteiger charge is -2.33. The molecule has 0 radical (unpaired) electrons. The predicted octanol–water partition coefficient (Wildman–Crippen LogP) is 0.721. The van der Waals surface area contributed by atoms with E-state index in [1.54, 1.807) is 11.8 Å². The van der Waals surface area contributed by atoms with Crippen molar-refractivity contribution in [2.75, 3.05) is 31.4 Å². The van der Waals surface area contributed by atoms with Gasteiger partial charge in [0.15, 0.2) is 9.84 Å². The Kier molecular flexibility index (Phi) is 5.42. The molecule has 1 aliphatic rings. The number of nitrogens with zero attached hydrogens (tertiary/aromatic N) is 2. The molecule has 0 saturated carbocycles. The number of pyridine rings is 1. The van der Waals surface area contributed by atoms with E-state index in [0.717, 1.165) is 30.1 Å². The van der Waals surface area contributed by atoms with Crippen molar-refractivity contribution in [2.45, 2.75) is 18.5 Å². The molecule has 1 N–H and O–H groups in total. The van der Waals surface area contributed by atoms with Crippen molar-refractivity contribution in [3.8, 4) is 0 Å². The fourth-order valence-electron chi connectivity index (χ4n) is 2.26. The van der Waals surface area contributed by atoms with E-state index in [9.17, 15) is 8.42 Å². The zero-order chi connectivity index (χ0) is 14.6. The van der Waals surface area contributed by atoms with Crippen molar-refractivity contribution in [2.24, 2.45) is 0 Å². The van der Waals surface area contributed by atoms with Crippen LogP contribution in [0, 0.1) is 0 Å². The van der Waals surface area contributed by atoms with Crippen LogP contribution < -0.4 is 5.32 Å². The number of nitrogens with one attached hydrogen (secondary N) is 1. The summed E-state index contributed by atoms with van der Waals surface area (Å²) in [5.41, 5.74) is 2.05. The van der Waals surface area contributed by atoms with Crippen LogP contribution >= 0.6 is 11.8 Å². The molecule has 1 aromatic heterocycles. The molecule has 20 heavy (non-hydrogen) atoms. The summed E-state index contributed by atoms with van der Waals surface area (Å²) in [5, 5.41) is 2.69. The minimum absolute atomic E-state index is 0.389. The highest BCUT2D eigenvalue weighted by Gasteiger charge is 2.30. The third kappa shape index (κ3) is 4.18. The van der Waals surface area contributed by atoms with Crippen molar-refractivity contribution in [1.29, 1.82) is 0 Å². The monoisotopic (exact) mass is 315 g/mol. The van der Waals surface area contributed by atoms with Gasteiger partial charge in [0.2, 0.25) is 0 Å². The van der Waals surface area contributed by atoms with Gasteiger partial charge >= 0.3 is 0 Å². The molecule has 1 saturated heterocycles. The maximum Gasteiger partial charge on any atom is 0.164 e. The summed E-state index contributed by atoms with van der Waals surface area (Å²) < 4.78 is 23.7. The molecule has 1 aromatic rings. The molecular formula is C13H21N3O2S2. The van der Waals surface area contributed by atoms with E-state index in [1.165, 1.54) is 6.26 Å². The first kappa shape index (κ1) is 15.8. The van der Waals surface area contributed by atoms with Gasteiger partial charge in [-0.2, -0.15) is 11.8 Å². The number of thioether (sulfide) groups is 1. The highest BCUT2D eigenvalue weighted by molar-refractivity contribution is 8.00. The molecule has 0 aliphatic carbocycles. The van der Waals surface area contributed by atoms with Gasteiger partial charge in [0, 0.05) is 43.6 Å². The third-order valence-corrected chi connectivity index (χ3v) is 6.00. The summed E-state index contributed by atoms with van der Waals surface area (Å²) in [4.78, 5) is 6.44. The van der Waals surface area contributed by atoms with Gasteiger partial charge in [0.05, 0.1) is 5.69 Å². The lowest BCUT2D eigenvalue weighted by molar-refractivity contribution is 0.259. The Hall–Kier alpha value is -0.630. The number of rotatable bonds is 5. The Balaban J connectivity index is 2.07. The standard InChI is InChI=1S/C13H21N3O2S2/c1-14-7-11-3-4-12(15-8-11)9-16-5-6-19-10-13(16)20(2,17)18/h3-4,8,13-14H,5-7,9-10H2,1-2H3. The Morgan fingerprint density at radius 3 is 2.90 bits per heavy atom. The van der Waals surface area contributed by atoms with Crippen LogP contribution in [0.2, 0.25) is 0 Å². The van der Waals surface area contributed by atoms with Crippen molar-refractivity contribution < 1.29 is 8.42 Å². The normalized spacial score (nSPS) is 21.0.